The molecule has 1 aromatic heterocycles. The molecular weight excluding hydrogens is 384 g/mol. The van der Waals surface area contributed by atoms with Crippen LogP contribution in [0.3, 0.4) is 0 Å². The third kappa shape index (κ3) is 4.67. The molecule has 1 fully saturated rings. The first kappa shape index (κ1) is 20.2. The lowest BCUT2D eigenvalue weighted by Gasteiger charge is -2.36. The molecule has 28 heavy (non-hydrogen) atoms. The van der Waals surface area contributed by atoms with Crippen molar-refractivity contribution in [3.63, 3.8) is 0 Å². The number of aromatic nitrogens is 2. The van der Waals surface area contributed by atoms with Crippen molar-refractivity contribution in [2.45, 2.75) is 56.8 Å². The van der Waals surface area contributed by atoms with Gasteiger partial charge in [-0.15, -0.1) is 0 Å². The third-order valence-electron chi connectivity index (χ3n) is 4.47. The quantitative estimate of drug-likeness (QED) is 0.612. The number of H-pyrrole nitrogens is 1. The van der Waals surface area contributed by atoms with Crippen molar-refractivity contribution in [3.05, 3.63) is 28.3 Å². The van der Waals surface area contributed by atoms with Gasteiger partial charge in [0, 0.05) is 24.7 Å². The third-order valence-corrected chi connectivity index (χ3v) is 5.78. The van der Waals surface area contributed by atoms with Crippen molar-refractivity contribution in [1.29, 1.82) is 0 Å². The van der Waals surface area contributed by atoms with E-state index in [1.54, 1.807) is 4.90 Å². The van der Waals surface area contributed by atoms with Crippen molar-refractivity contribution in [2.24, 2.45) is 0 Å². The van der Waals surface area contributed by atoms with Crippen molar-refractivity contribution < 1.29 is 18.7 Å². The van der Waals surface area contributed by atoms with E-state index in [0.717, 1.165) is 19.3 Å². The first-order valence-electron chi connectivity index (χ1n) is 9.16. The molecule has 2 heterocycles. The number of amides is 1. The van der Waals surface area contributed by atoms with Gasteiger partial charge in [-0.1, -0.05) is 0 Å². The van der Waals surface area contributed by atoms with E-state index in [4.69, 9.17) is 4.74 Å². The predicted octanol–water partition coefficient (Wildman–Crippen LogP) is 3.37. The molecule has 1 saturated heterocycles. The molecule has 1 amide bonds. The largest absolute Gasteiger partial charge is 0.444 e. The maximum Gasteiger partial charge on any atom is 0.410 e. The van der Waals surface area contributed by atoms with Crippen molar-refractivity contribution in [3.8, 4) is 0 Å². The Labute approximate surface area is 165 Å². The van der Waals surface area contributed by atoms with Gasteiger partial charge in [-0.25, -0.2) is 9.78 Å². The molecule has 0 bridgehead atoms. The van der Waals surface area contributed by atoms with E-state index in [-0.39, 0.29) is 22.6 Å². The number of ether oxygens (including phenoxy) is 1. The van der Waals surface area contributed by atoms with Gasteiger partial charge in [0.2, 0.25) is 0 Å². The van der Waals surface area contributed by atoms with Gasteiger partial charge in [0.1, 0.15) is 5.60 Å². The highest BCUT2D eigenvalue weighted by Crippen LogP contribution is 2.24. The summed E-state index contributed by atoms with van der Waals surface area (Å²) in [6.07, 6.45) is 2.19. The Morgan fingerprint density at radius 1 is 1.43 bits per heavy atom. The Morgan fingerprint density at radius 2 is 2.18 bits per heavy atom. The number of likely N-dealkylation sites (tertiary alicyclic amines) is 1. The van der Waals surface area contributed by atoms with Crippen molar-refractivity contribution in [2.75, 3.05) is 12.3 Å². The van der Waals surface area contributed by atoms with E-state index < -0.39 is 27.4 Å². The number of rotatable bonds is 4. The maximum atomic E-state index is 12.9. The number of benzene rings is 1. The maximum absolute atomic E-state index is 12.9. The van der Waals surface area contributed by atoms with E-state index in [1.807, 2.05) is 20.8 Å². The second-order valence-corrected chi connectivity index (χ2v) is 9.25. The monoisotopic (exact) mass is 408 g/mol. The first-order valence-corrected chi connectivity index (χ1v) is 10.5. The molecule has 152 valence electrons. The fourth-order valence-electron chi connectivity index (χ4n) is 3.18. The number of nitro benzene ring substituents is 1. The van der Waals surface area contributed by atoms with E-state index in [2.05, 4.69) is 9.97 Å². The molecule has 0 aliphatic carbocycles. The molecule has 1 aliphatic rings. The molecule has 0 spiro atoms. The summed E-state index contributed by atoms with van der Waals surface area (Å²) in [7, 11) is -1.48. The van der Waals surface area contributed by atoms with Crippen LogP contribution in [0.25, 0.3) is 11.0 Å². The summed E-state index contributed by atoms with van der Waals surface area (Å²) in [6.45, 7) is 6.02. The lowest BCUT2D eigenvalue weighted by atomic mass is 10.0. The minimum Gasteiger partial charge on any atom is -0.444 e. The molecule has 9 nitrogen and oxygen atoms in total. The topological polar surface area (TPSA) is 118 Å². The van der Waals surface area contributed by atoms with Gasteiger partial charge < -0.3 is 14.6 Å². The summed E-state index contributed by atoms with van der Waals surface area (Å²) in [5, 5.41) is 11.2. The van der Waals surface area contributed by atoms with Crippen LogP contribution in [0.5, 0.6) is 0 Å². The van der Waals surface area contributed by atoms with Gasteiger partial charge in [0.15, 0.2) is 5.16 Å². The van der Waals surface area contributed by atoms with E-state index >= 15 is 0 Å². The highest BCUT2D eigenvalue weighted by molar-refractivity contribution is 7.84. The zero-order chi connectivity index (χ0) is 20.5. The summed E-state index contributed by atoms with van der Waals surface area (Å²) in [5.74, 6) is 0.237. The molecule has 2 aromatic rings. The molecule has 3 rings (SSSR count). The highest BCUT2D eigenvalue weighted by Gasteiger charge is 2.32. The highest BCUT2D eigenvalue weighted by atomic mass is 32.2. The number of nitro groups is 1. The number of aromatic amines is 1. The van der Waals surface area contributed by atoms with Crippen molar-refractivity contribution >= 4 is 33.6 Å². The van der Waals surface area contributed by atoms with Gasteiger partial charge in [0.25, 0.3) is 5.69 Å². The zero-order valence-electron chi connectivity index (χ0n) is 16.1. The molecule has 1 N–H and O–H groups in total. The van der Waals surface area contributed by atoms with E-state index in [0.29, 0.717) is 17.6 Å². The standard InChI is InChI=1S/C18H24N4O5S/c1-18(2,3)27-17(23)21-9-5-4-6-13(21)11-28(26)16-19-14-8-7-12(22(24)25)10-15(14)20-16/h7-8,10,13H,4-6,9,11H2,1-3H3,(H,19,20)/t13-,28+/m0/s1. The van der Waals surface area contributed by atoms with E-state index in [1.165, 1.54) is 18.2 Å². The van der Waals surface area contributed by atoms with Gasteiger partial charge in [-0.2, -0.15) is 0 Å². The Kier molecular flexibility index (Phi) is 5.69. The molecule has 1 aromatic carbocycles. The number of non-ortho nitro benzene ring substituents is 1. The second-order valence-electron chi connectivity index (χ2n) is 7.84. The minimum absolute atomic E-state index is 0.0585. The summed E-state index contributed by atoms with van der Waals surface area (Å²) < 4.78 is 18.3. The number of hydrogen-bond acceptors (Lipinski definition) is 6. The summed E-state index contributed by atoms with van der Waals surface area (Å²) in [4.78, 5) is 31.8. The number of hydrogen-bond donors (Lipinski definition) is 1. The number of imidazole rings is 1. The molecule has 0 radical (unpaired) electrons. The van der Waals surface area contributed by atoms with Gasteiger partial charge in [-0.05, 0) is 46.1 Å². The molecule has 2 atom stereocenters. The number of nitrogens with zero attached hydrogens (tertiary/aromatic N) is 3. The lowest BCUT2D eigenvalue weighted by Crippen LogP contribution is -2.48. The summed E-state index contributed by atoms with van der Waals surface area (Å²) >= 11 is 0. The van der Waals surface area contributed by atoms with Crippen LogP contribution in [0.15, 0.2) is 23.4 Å². The second kappa shape index (κ2) is 7.86. The average molecular weight is 408 g/mol. The number of nitrogens with one attached hydrogen (secondary N) is 1. The SMILES string of the molecule is CC(C)(C)OC(=O)N1CCCC[C@H]1C[S@@](=O)c1nc2ccc([N+](=O)[O-])cc2[nH]1. The van der Waals surface area contributed by atoms with Crippen LogP contribution in [0.2, 0.25) is 0 Å². The average Bonchev–Trinajstić information content (AvgIpc) is 3.04. The Hall–Kier alpha value is -2.49. The Morgan fingerprint density at radius 3 is 2.86 bits per heavy atom. The van der Waals surface area contributed by atoms with E-state index in [9.17, 15) is 19.1 Å². The van der Waals surface area contributed by atoms with Crippen LogP contribution >= 0.6 is 0 Å². The Balaban J connectivity index is 1.75. The summed E-state index contributed by atoms with van der Waals surface area (Å²) in [6, 6.07) is 4.06. The fourth-order valence-corrected chi connectivity index (χ4v) is 4.46. The van der Waals surface area contributed by atoms with Crippen LogP contribution in [0.1, 0.15) is 40.0 Å². The molecule has 1 aliphatic heterocycles. The van der Waals surface area contributed by atoms with Gasteiger partial charge in [0.05, 0.1) is 32.5 Å². The smallest absolute Gasteiger partial charge is 0.410 e. The molecule has 0 saturated carbocycles. The fraction of sp³-hybridized carbons (Fsp3) is 0.556. The lowest BCUT2D eigenvalue weighted by molar-refractivity contribution is -0.384. The van der Waals surface area contributed by atoms with Gasteiger partial charge >= 0.3 is 6.09 Å². The predicted molar refractivity (Wildman–Crippen MR) is 105 cm³/mol. The number of carbonyl (C=O) groups is 1. The van der Waals surface area contributed by atoms with Crippen LogP contribution < -0.4 is 0 Å². The molecular formula is C18H24N4O5S. The number of carbonyl (C=O) groups excluding carboxylic acids is 1. The van der Waals surface area contributed by atoms with Crippen LogP contribution in [-0.2, 0) is 15.5 Å². The number of piperidine rings is 1. The molecule has 0 unspecified atom stereocenters. The van der Waals surface area contributed by atoms with Crippen molar-refractivity contribution in [1.82, 2.24) is 14.9 Å². The normalized spacial score (nSPS) is 18.8. The van der Waals surface area contributed by atoms with Crippen LogP contribution in [0.4, 0.5) is 10.5 Å². The van der Waals surface area contributed by atoms with Crippen LogP contribution in [0, 0.1) is 10.1 Å². The van der Waals surface area contributed by atoms with Crippen LogP contribution in [-0.4, -0.2) is 54.0 Å². The first-order chi connectivity index (χ1) is 13.1. The minimum atomic E-state index is -1.48. The number of fused-ring (bicyclic) bond motifs is 1. The summed E-state index contributed by atoms with van der Waals surface area (Å²) in [5.41, 5.74) is 0.328. The Bertz CT molecular complexity index is 920. The molecule has 10 heteroatoms. The van der Waals surface area contributed by atoms with Gasteiger partial charge in [-0.3, -0.25) is 14.3 Å². The zero-order valence-corrected chi connectivity index (χ0v) is 17.0.